The van der Waals surface area contributed by atoms with Crippen LogP contribution >= 0.6 is 0 Å². The van der Waals surface area contributed by atoms with Gasteiger partial charge in [-0.2, -0.15) is 0 Å². The van der Waals surface area contributed by atoms with Crippen molar-refractivity contribution in [1.82, 2.24) is 0 Å². The Morgan fingerprint density at radius 3 is 2.30 bits per heavy atom. The molecule has 2 aromatic carbocycles. The molecule has 0 saturated heterocycles. The number of carbonyl (C=O) groups is 2. The van der Waals surface area contributed by atoms with Gasteiger partial charge in [-0.15, -0.1) is 0 Å². The standard InChI is InChI=1S/C17H17FN2O3/c1-11(17(22)20-16-6-4-3-5-15(16)18)23-14-9-7-13(8-10-14)19-12(2)21/h3-11H,1-2H3,(H,19,21)(H,20,22)/t11-/m0/s1. The first-order valence-corrected chi connectivity index (χ1v) is 7.05. The molecule has 0 aliphatic heterocycles. The third kappa shape index (κ3) is 4.81. The van der Waals surface area contributed by atoms with E-state index in [1.54, 1.807) is 43.3 Å². The number of amides is 2. The van der Waals surface area contributed by atoms with Crippen LogP contribution in [0, 0.1) is 5.82 Å². The number of nitrogens with one attached hydrogen (secondary N) is 2. The Kier molecular flexibility index (Phi) is 5.30. The zero-order valence-corrected chi connectivity index (χ0v) is 12.8. The fourth-order valence-corrected chi connectivity index (χ4v) is 1.87. The molecule has 5 nitrogen and oxygen atoms in total. The van der Waals surface area contributed by atoms with Gasteiger partial charge in [0.2, 0.25) is 5.91 Å². The Balaban J connectivity index is 1.95. The molecule has 0 aliphatic rings. The lowest BCUT2D eigenvalue weighted by Gasteiger charge is -2.15. The zero-order valence-electron chi connectivity index (χ0n) is 12.8. The number of hydrogen-bond donors (Lipinski definition) is 2. The molecular formula is C17H17FN2O3. The number of rotatable bonds is 5. The summed E-state index contributed by atoms with van der Waals surface area (Å²) in [5.41, 5.74) is 0.738. The molecule has 2 rings (SSSR count). The monoisotopic (exact) mass is 316 g/mol. The van der Waals surface area contributed by atoms with Gasteiger partial charge in [0, 0.05) is 12.6 Å². The van der Waals surface area contributed by atoms with Gasteiger partial charge in [-0.25, -0.2) is 4.39 Å². The van der Waals surface area contributed by atoms with E-state index in [-0.39, 0.29) is 11.6 Å². The number of para-hydroxylation sites is 1. The molecule has 120 valence electrons. The Bertz CT molecular complexity index is 701. The SMILES string of the molecule is CC(=O)Nc1ccc(O[C@@H](C)C(=O)Nc2ccccc2F)cc1. The highest BCUT2D eigenvalue weighted by atomic mass is 19.1. The zero-order chi connectivity index (χ0) is 16.8. The predicted octanol–water partition coefficient (Wildman–Crippen LogP) is 3.19. The highest BCUT2D eigenvalue weighted by Gasteiger charge is 2.16. The minimum absolute atomic E-state index is 0.106. The van der Waals surface area contributed by atoms with Crippen LogP contribution in [0.5, 0.6) is 5.75 Å². The summed E-state index contributed by atoms with van der Waals surface area (Å²) in [6.45, 7) is 2.98. The number of hydrogen-bond acceptors (Lipinski definition) is 3. The first kappa shape index (κ1) is 16.5. The first-order chi connectivity index (χ1) is 11.0. The van der Waals surface area contributed by atoms with Crippen LogP contribution in [0.25, 0.3) is 0 Å². The van der Waals surface area contributed by atoms with Gasteiger partial charge < -0.3 is 15.4 Å². The van der Waals surface area contributed by atoms with E-state index in [0.29, 0.717) is 11.4 Å². The van der Waals surface area contributed by atoms with Crippen molar-refractivity contribution in [2.75, 3.05) is 10.6 Å². The lowest BCUT2D eigenvalue weighted by molar-refractivity contribution is -0.122. The summed E-state index contributed by atoms with van der Waals surface area (Å²) in [6, 6.07) is 12.5. The molecule has 23 heavy (non-hydrogen) atoms. The van der Waals surface area contributed by atoms with Crippen LogP contribution in [0.1, 0.15) is 13.8 Å². The summed E-state index contributed by atoms with van der Waals surface area (Å²) < 4.78 is 19.0. The van der Waals surface area contributed by atoms with Crippen LogP contribution in [0.2, 0.25) is 0 Å². The van der Waals surface area contributed by atoms with Gasteiger partial charge in [0.25, 0.3) is 5.91 Å². The van der Waals surface area contributed by atoms with E-state index >= 15 is 0 Å². The molecule has 2 N–H and O–H groups in total. The molecule has 6 heteroatoms. The van der Waals surface area contributed by atoms with Crippen molar-refractivity contribution in [1.29, 1.82) is 0 Å². The average molecular weight is 316 g/mol. The molecule has 1 atom stereocenters. The minimum Gasteiger partial charge on any atom is -0.481 e. The van der Waals surface area contributed by atoms with Gasteiger partial charge in [0.1, 0.15) is 11.6 Å². The van der Waals surface area contributed by atoms with E-state index in [9.17, 15) is 14.0 Å². The highest BCUT2D eigenvalue weighted by Crippen LogP contribution is 2.18. The Hall–Kier alpha value is -2.89. The van der Waals surface area contributed by atoms with Gasteiger partial charge in [-0.1, -0.05) is 12.1 Å². The van der Waals surface area contributed by atoms with Gasteiger partial charge in [-0.05, 0) is 43.3 Å². The molecule has 0 fully saturated rings. The van der Waals surface area contributed by atoms with Crippen molar-refractivity contribution < 1.29 is 18.7 Å². The van der Waals surface area contributed by atoms with E-state index in [4.69, 9.17) is 4.74 Å². The third-order valence-corrected chi connectivity index (χ3v) is 2.99. The molecule has 0 aromatic heterocycles. The number of halogens is 1. The second-order valence-electron chi connectivity index (χ2n) is 4.93. The Labute approximate surface area is 133 Å². The molecule has 2 aromatic rings. The van der Waals surface area contributed by atoms with E-state index in [2.05, 4.69) is 10.6 Å². The maximum atomic E-state index is 13.5. The van der Waals surface area contributed by atoms with Gasteiger partial charge in [-0.3, -0.25) is 9.59 Å². The molecular weight excluding hydrogens is 299 g/mol. The van der Waals surface area contributed by atoms with Crippen molar-refractivity contribution in [2.24, 2.45) is 0 Å². The van der Waals surface area contributed by atoms with Crippen LogP contribution in [0.4, 0.5) is 15.8 Å². The number of ether oxygens (including phenoxy) is 1. The number of benzene rings is 2. The van der Waals surface area contributed by atoms with E-state index in [1.807, 2.05) is 0 Å². The van der Waals surface area contributed by atoms with Crippen molar-refractivity contribution in [3.05, 3.63) is 54.3 Å². The fraction of sp³-hybridized carbons (Fsp3) is 0.176. The van der Waals surface area contributed by atoms with Gasteiger partial charge in [0.05, 0.1) is 5.69 Å². The second-order valence-corrected chi connectivity index (χ2v) is 4.93. The van der Waals surface area contributed by atoms with Crippen molar-refractivity contribution >= 4 is 23.2 Å². The summed E-state index contributed by atoms with van der Waals surface area (Å²) in [5.74, 6) is -0.666. The maximum absolute atomic E-state index is 13.5. The second kappa shape index (κ2) is 7.40. The van der Waals surface area contributed by atoms with Crippen LogP contribution in [-0.4, -0.2) is 17.9 Å². The Morgan fingerprint density at radius 2 is 1.70 bits per heavy atom. The number of anilines is 2. The summed E-state index contributed by atoms with van der Waals surface area (Å²) in [7, 11) is 0. The summed E-state index contributed by atoms with van der Waals surface area (Å²) in [4.78, 5) is 23.0. The van der Waals surface area contributed by atoms with Crippen LogP contribution in [0.15, 0.2) is 48.5 Å². The topological polar surface area (TPSA) is 67.4 Å². The maximum Gasteiger partial charge on any atom is 0.265 e. The molecule has 0 spiro atoms. The Morgan fingerprint density at radius 1 is 1.04 bits per heavy atom. The van der Waals surface area contributed by atoms with Crippen LogP contribution < -0.4 is 15.4 Å². The first-order valence-electron chi connectivity index (χ1n) is 7.05. The summed E-state index contributed by atoms with van der Waals surface area (Å²) in [6.07, 6.45) is -0.804. The average Bonchev–Trinajstić information content (AvgIpc) is 2.51. The summed E-state index contributed by atoms with van der Waals surface area (Å²) in [5, 5.41) is 5.10. The summed E-state index contributed by atoms with van der Waals surface area (Å²) >= 11 is 0. The normalized spacial score (nSPS) is 11.4. The largest absolute Gasteiger partial charge is 0.481 e. The minimum atomic E-state index is -0.804. The smallest absolute Gasteiger partial charge is 0.265 e. The molecule has 0 aliphatic carbocycles. The molecule has 0 radical (unpaired) electrons. The predicted molar refractivity (Wildman–Crippen MR) is 85.9 cm³/mol. The molecule has 0 heterocycles. The van der Waals surface area contributed by atoms with E-state index < -0.39 is 17.8 Å². The molecule has 0 unspecified atom stereocenters. The van der Waals surface area contributed by atoms with E-state index in [1.165, 1.54) is 19.1 Å². The van der Waals surface area contributed by atoms with Gasteiger partial charge >= 0.3 is 0 Å². The molecule has 0 bridgehead atoms. The lowest BCUT2D eigenvalue weighted by atomic mass is 10.2. The van der Waals surface area contributed by atoms with Crippen molar-refractivity contribution in [3.8, 4) is 5.75 Å². The van der Waals surface area contributed by atoms with Crippen LogP contribution in [0.3, 0.4) is 0 Å². The number of carbonyl (C=O) groups excluding carboxylic acids is 2. The van der Waals surface area contributed by atoms with E-state index in [0.717, 1.165) is 0 Å². The van der Waals surface area contributed by atoms with Crippen molar-refractivity contribution in [2.45, 2.75) is 20.0 Å². The van der Waals surface area contributed by atoms with Crippen LogP contribution in [-0.2, 0) is 9.59 Å². The van der Waals surface area contributed by atoms with Crippen molar-refractivity contribution in [3.63, 3.8) is 0 Å². The molecule has 2 amide bonds. The quantitative estimate of drug-likeness (QED) is 0.890. The molecule has 0 saturated carbocycles. The third-order valence-electron chi connectivity index (χ3n) is 2.99. The van der Waals surface area contributed by atoms with Gasteiger partial charge in [0.15, 0.2) is 6.10 Å². The fourth-order valence-electron chi connectivity index (χ4n) is 1.87. The highest BCUT2D eigenvalue weighted by molar-refractivity contribution is 5.94. The lowest BCUT2D eigenvalue weighted by Crippen LogP contribution is -2.30.